The summed E-state index contributed by atoms with van der Waals surface area (Å²) in [6, 6.07) is 7.85. The Bertz CT molecular complexity index is 849. The standard InChI is InChI=1S/C21H23Br2N3O3/c22-15-1-2-18-19(4-15)29-20-5-16(23)6-24-21(20)26(18)10-17(27)9-25-7-13-3-14(8-25)12-28-11-13/h1-2,4-6,13-14,17,27H,3,7-12H2. The van der Waals surface area contributed by atoms with Gasteiger partial charge in [-0.1, -0.05) is 15.9 Å². The Balaban J connectivity index is 1.36. The van der Waals surface area contributed by atoms with Crippen molar-refractivity contribution in [3.63, 3.8) is 0 Å². The summed E-state index contributed by atoms with van der Waals surface area (Å²) in [4.78, 5) is 9.02. The molecule has 154 valence electrons. The zero-order valence-electron chi connectivity index (χ0n) is 15.9. The Labute approximate surface area is 187 Å². The maximum atomic E-state index is 11.0. The van der Waals surface area contributed by atoms with Crippen LogP contribution in [0.1, 0.15) is 6.42 Å². The van der Waals surface area contributed by atoms with Gasteiger partial charge in [0, 0.05) is 40.8 Å². The van der Waals surface area contributed by atoms with Crippen molar-refractivity contribution in [2.75, 3.05) is 44.3 Å². The number of aliphatic hydroxyl groups excluding tert-OH is 1. The average Bonchev–Trinajstić information content (AvgIpc) is 2.67. The third-order valence-electron chi connectivity index (χ3n) is 5.76. The van der Waals surface area contributed by atoms with Gasteiger partial charge in [0.25, 0.3) is 0 Å². The smallest absolute Gasteiger partial charge is 0.176 e. The Morgan fingerprint density at radius 2 is 1.83 bits per heavy atom. The number of hydrogen-bond acceptors (Lipinski definition) is 6. The van der Waals surface area contributed by atoms with Gasteiger partial charge >= 0.3 is 0 Å². The van der Waals surface area contributed by atoms with E-state index in [0.717, 1.165) is 52.5 Å². The van der Waals surface area contributed by atoms with Crippen molar-refractivity contribution in [3.05, 3.63) is 39.4 Å². The molecule has 1 aromatic carbocycles. The molecule has 2 aromatic rings. The number of rotatable bonds is 4. The van der Waals surface area contributed by atoms with Crippen LogP contribution in [0.2, 0.25) is 0 Å². The highest BCUT2D eigenvalue weighted by Crippen LogP contribution is 2.47. The van der Waals surface area contributed by atoms with E-state index in [0.29, 0.717) is 30.7 Å². The van der Waals surface area contributed by atoms with E-state index in [2.05, 4.69) is 46.6 Å². The van der Waals surface area contributed by atoms with Crippen molar-refractivity contribution in [2.45, 2.75) is 12.5 Å². The highest BCUT2D eigenvalue weighted by atomic mass is 79.9. The Morgan fingerprint density at radius 1 is 1.07 bits per heavy atom. The van der Waals surface area contributed by atoms with E-state index in [-0.39, 0.29) is 0 Å². The molecule has 0 radical (unpaired) electrons. The molecule has 2 bridgehead atoms. The van der Waals surface area contributed by atoms with Crippen LogP contribution in [0.5, 0.6) is 11.5 Å². The first-order chi connectivity index (χ1) is 14.0. The lowest BCUT2D eigenvalue weighted by molar-refractivity contribution is -0.0484. The SMILES string of the molecule is OC(CN1CC2COCC(C2)C1)CN1c2ccc(Br)cc2Oc2cc(Br)cnc21. The second-order valence-electron chi connectivity index (χ2n) is 8.18. The van der Waals surface area contributed by atoms with Crippen LogP contribution < -0.4 is 9.64 Å². The van der Waals surface area contributed by atoms with Crippen LogP contribution in [-0.4, -0.2) is 60.5 Å². The van der Waals surface area contributed by atoms with Gasteiger partial charge in [0.2, 0.25) is 0 Å². The van der Waals surface area contributed by atoms with Gasteiger partial charge in [-0.3, -0.25) is 4.90 Å². The minimum absolute atomic E-state index is 0.460. The molecule has 3 atom stereocenters. The number of nitrogens with zero attached hydrogens (tertiary/aromatic N) is 3. The molecular formula is C21H23Br2N3O3. The highest BCUT2D eigenvalue weighted by molar-refractivity contribution is 9.10. The molecular weight excluding hydrogens is 502 g/mol. The summed E-state index contributed by atoms with van der Waals surface area (Å²) in [5.41, 5.74) is 0.915. The molecule has 2 fully saturated rings. The third-order valence-corrected chi connectivity index (χ3v) is 6.68. The van der Waals surface area contributed by atoms with E-state index in [4.69, 9.17) is 9.47 Å². The maximum absolute atomic E-state index is 11.0. The molecule has 1 aromatic heterocycles. The van der Waals surface area contributed by atoms with Gasteiger partial charge in [-0.25, -0.2) is 4.98 Å². The molecule has 1 N–H and O–H groups in total. The van der Waals surface area contributed by atoms with Crippen molar-refractivity contribution in [3.8, 4) is 11.5 Å². The second kappa shape index (κ2) is 8.15. The molecule has 2 saturated heterocycles. The first kappa shape index (κ1) is 19.8. The quantitative estimate of drug-likeness (QED) is 0.647. The van der Waals surface area contributed by atoms with Crippen LogP contribution in [0, 0.1) is 11.8 Å². The fourth-order valence-corrected chi connectivity index (χ4v) is 5.34. The average molecular weight is 525 g/mol. The first-order valence-corrected chi connectivity index (χ1v) is 11.5. The number of hydrogen-bond donors (Lipinski definition) is 1. The van der Waals surface area contributed by atoms with Gasteiger partial charge in [-0.15, -0.1) is 0 Å². The monoisotopic (exact) mass is 523 g/mol. The van der Waals surface area contributed by atoms with Crippen LogP contribution in [0.4, 0.5) is 11.5 Å². The van der Waals surface area contributed by atoms with Crippen LogP contribution in [0.15, 0.2) is 39.4 Å². The molecule has 6 nitrogen and oxygen atoms in total. The number of pyridine rings is 1. The first-order valence-electron chi connectivity index (χ1n) is 9.94. The number of benzene rings is 1. The zero-order valence-corrected chi connectivity index (χ0v) is 19.1. The fourth-order valence-electron chi connectivity index (χ4n) is 4.69. The van der Waals surface area contributed by atoms with E-state index < -0.39 is 6.10 Å². The molecule has 4 heterocycles. The van der Waals surface area contributed by atoms with Gasteiger partial charge < -0.3 is 19.5 Å². The number of fused-ring (bicyclic) bond motifs is 4. The Kier molecular flexibility index (Phi) is 5.55. The van der Waals surface area contributed by atoms with Gasteiger partial charge in [-0.05, 0) is 52.4 Å². The summed E-state index contributed by atoms with van der Waals surface area (Å²) in [6.07, 6.45) is 2.52. The predicted molar refractivity (Wildman–Crippen MR) is 118 cm³/mol. The van der Waals surface area contributed by atoms with E-state index in [9.17, 15) is 5.11 Å². The molecule has 0 amide bonds. The Morgan fingerprint density at radius 3 is 2.62 bits per heavy atom. The third kappa shape index (κ3) is 4.18. The number of halogens is 2. The molecule has 3 aliphatic rings. The molecule has 5 rings (SSSR count). The molecule has 29 heavy (non-hydrogen) atoms. The highest BCUT2D eigenvalue weighted by Gasteiger charge is 2.33. The van der Waals surface area contributed by atoms with Crippen LogP contribution in [-0.2, 0) is 4.74 Å². The molecule has 0 aliphatic carbocycles. The number of aliphatic hydroxyl groups is 1. The van der Waals surface area contributed by atoms with Crippen molar-refractivity contribution >= 4 is 43.4 Å². The largest absolute Gasteiger partial charge is 0.451 e. The van der Waals surface area contributed by atoms with Crippen LogP contribution >= 0.6 is 31.9 Å². The van der Waals surface area contributed by atoms with Crippen LogP contribution in [0.25, 0.3) is 0 Å². The predicted octanol–water partition coefficient (Wildman–Crippen LogP) is 4.18. The zero-order chi connectivity index (χ0) is 20.0. The lowest BCUT2D eigenvalue weighted by Crippen LogP contribution is -2.50. The van der Waals surface area contributed by atoms with Gasteiger partial charge in [0.1, 0.15) is 0 Å². The van der Waals surface area contributed by atoms with E-state index in [1.54, 1.807) is 6.20 Å². The van der Waals surface area contributed by atoms with Crippen molar-refractivity contribution < 1.29 is 14.6 Å². The van der Waals surface area contributed by atoms with Gasteiger partial charge in [0.15, 0.2) is 17.3 Å². The maximum Gasteiger partial charge on any atom is 0.176 e. The normalized spacial score (nSPS) is 24.4. The van der Waals surface area contributed by atoms with E-state index >= 15 is 0 Å². The number of ether oxygens (including phenoxy) is 2. The fraction of sp³-hybridized carbons (Fsp3) is 0.476. The van der Waals surface area contributed by atoms with Crippen molar-refractivity contribution in [1.29, 1.82) is 0 Å². The number of piperidine rings is 1. The summed E-state index contributed by atoms with van der Waals surface area (Å²) in [5, 5.41) is 11.0. The molecule has 8 heteroatoms. The number of β-amino-alcohol motifs (C(OH)–C–C–N with tert-alkyl or cyclic N) is 1. The van der Waals surface area contributed by atoms with Crippen molar-refractivity contribution in [2.24, 2.45) is 11.8 Å². The minimum Gasteiger partial charge on any atom is -0.451 e. The van der Waals surface area contributed by atoms with Gasteiger partial charge in [0.05, 0.1) is 31.5 Å². The van der Waals surface area contributed by atoms with Gasteiger partial charge in [-0.2, -0.15) is 0 Å². The minimum atomic E-state index is -0.498. The number of likely N-dealkylation sites (tertiary alicyclic amines) is 1. The summed E-state index contributed by atoms with van der Waals surface area (Å²) in [5.74, 6) is 3.35. The molecule has 3 aliphatic heterocycles. The summed E-state index contributed by atoms with van der Waals surface area (Å²) < 4.78 is 13.6. The van der Waals surface area contributed by atoms with Crippen LogP contribution in [0.3, 0.4) is 0 Å². The van der Waals surface area contributed by atoms with E-state index in [1.165, 1.54) is 6.42 Å². The summed E-state index contributed by atoms with van der Waals surface area (Å²) in [7, 11) is 0. The summed E-state index contributed by atoms with van der Waals surface area (Å²) in [6.45, 7) is 4.82. The lowest BCUT2D eigenvalue weighted by atomic mass is 9.88. The van der Waals surface area contributed by atoms with E-state index in [1.807, 2.05) is 24.3 Å². The second-order valence-corrected chi connectivity index (χ2v) is 10.0. The lowest BCUT2D eigenvalue weighted by Gasteiger charge is -2.42. The number of anilines is 2. The molecule has 3 unspecified atom stereocenters. The number of aromatic nitrogens is 1. The summed E-state index contributed by atoms with van der Waals surface area (Å²) >= 11 is 6.98. The molecule has 0 saturated carbocycles. The molecule has 0 spiro atoms. The topological polar surface area (TPSA) is 58.1 Å². The van der Waals surface area contributed by atoms with Crippen molar-refractivity contribution in [1.82, 2.24) is 9.88 Å². The Hall–Kier alpha value is -1.19.